The summed E-state index contributed by atoms with van der Waals surface area (Å²) in [6.45, 7) is 0.439. The molecule has 19 heavy (non-hydrogen) atoms. The van der Waals surface area contributed by atoms with Crippen molar-refractivity contribution in [2.24, 2.45) is 0 Å². The van der Waals surface area contributed by atoms with Crippen LogP contribution in [0, 0.1) is 0 Å². The van der Waals surface area contributed by atoms with Crippen LogP contribution in [0.15, 0.2) is 48.5 Å². The van der Waals surface area contributed by atoms with Crippen LogP contribution in [0.1, 0.15) is 5.56 Å². The minimum Gasteiger partial charge on any atom is -0.334 e. The average Bonchev–Trinajstić information content (AvgIpc) is 2.42. The normalized spacial score (nSPS) is 10.0. The van der Waals surface area contributed by atoms with E-state index >= 15 is 0 Å². The average molecular weight is 295 g/mol. The number of rotatable bonds is 3. The molecule has 0 radical (unpaired) electrons. The van der Waals surface area contributed by atoms with Gasteiger partial charge >= 0.3 is 6.03 Å². The zero-order valence-corrected chi connectivity index (χ0v) is 11.5. The summed E-state index contributed by atoms with van der Waals surface area (Å²) in [5.41, 5.74) is 1.43. The SMILES string of the molecule is O=C(NCc1ccccc1)Nc1c(Cl)cccc1Cl. The van der Waals surface area contributed by atoms with Crippen LogP contribution in [0.25, 0.3) is 0 Å². The highest BCUT2D eigenvalue weighted by atomic mass is 35.5. The van der Waals surface area contributed by atoms with Crippen molar-refractivity contribution in [3.8, 4) is 0 Å². The summed E-state index contributed by atoms with van der Waals surface area (Å²) in [6, 6.07) is 14.3. The van der Waals surface area contributed by atoms with Gasteiger partial charge in [0.05, 0.1) is 15.7 Å². The predicted octanol–water partition coefficient (Wildman–Crippen LogP) is 4.32. The van der Waals surface area contributed by atoms with Crippen LogP contribution in [0.4, 0.5) is 10.5 Å². The Kier molecular flexibility index (Phi) is 4.66. The van der Waals surface area contributed by atoms with Gasteiger partial charge in [-0.15, -0.1) is 0 Å². The lowest BCUT2D eigenvalue weighted by molar-refractivity contribution is 0.251. The smallest absolute Gasteiger partial charge is 0.319 e. The molecule has 2 aromatic carbocycles. The van der Waals surface area contributed by atoms with Crippen molar-refractivity contribution < 1.29 is 4.79 Å². The molecule has 0 aliphatic carbocycles. The highest BCUT2D eigenvalue weighted by Crippen LogP contribution is 2.29. The number of amides is 2. The maximum Gasteiger partial charge on any atom is 0.319 e. The third-order valence-corrected chi connectivity index (χ3v) is 3.13. The molecule has 0 unspecified atom stereocenters. The van der Waals surface area contributed by atoms with Crippen molar-refractivity contribution in [1.82, 2.24) is 5.32 Å². The third-order valence-electron chi connectivity index (χ3n) is 2.50. The standard InChI is InChI=1S/C14H12Cl2N2O/c15-11-7-4-8-12(16)13(11)18-14(19)17-9-10-5-2-1-3-6-10/h1-8H,9H2,(H2,17,18,19). The van der Waals surface area contributed by atoms with Gasteiger partial charge in [0.2, 0.25) is 0 Å². The van der Waals surface area contributed by atoms with Gasteiger partial charge in [0.15, 0.2) is 0 Å². The molecular formula is C14H12Cl2N2O. The minimum absolute atomic E-state index is 0.348. The van der Waals surface area contributed by atoms with Gasteiger partial charge in [-0.1, -0.05) is 59.6 Å². The molecule has 0 saturated heterocycles. The Bertz CT molecular complexity index is 553. The zero-order chi connectivity index (χ0) is 13.7. The second-order valence-corrected chi connectivity index (χ2v) is 4.70. The first kappa shape index (κ1) is 13.7. The van der Waals surface area contributed by atoms with Gasteiger partial charge in [0.1, 0.15) is 0 Å². The quantitative estimate of drug-likeness (QED) is 0.870. The third kappa shape index (κ3) is 3.88. The number of para-hydroxylation sites is 1. The predicted molar refractivity (Wildman–Crippen MR) is 78.8 cm³/mol. The summed E-state index contributed by atoms with van der Waals surface area (Å²) >= 11 is 11.9. The Hall–Kier alpha value is -1.71. The number of anilines is 1. The fourth-order valence-electron chi connectivity index (χ4n) is 1.55. The van der Waals surface area contributed by atoms with Crippen LogP contribution in [0.3, 0.4) is 0 Å². The van der Waals surface area contributed by atoms with Gasteiger partial charge in [-0.2, -0.15) is 0 Å². The minimum atomic E-state index is -0.348. The van der Waals surface area contributed by atoms with E-state index in [1.54, 1.807) is 18.2 Å². The van der Waals surface area contributed by atoms with E-state index in [2.05, 4.69) is 10.6 Å². The van der Waals surface area contributed by atoms with Gasteiger partial charge in [0, 0.05) is 6.54 Å². The van der Waals surface area contributed by atoms with E-state index in [-0.39, 0.29) is 6.03 Å². The first-order chi connectivity index (χ1) is 9.16. The molecule has 2 amide bonds. The number of nitrogens with one attached hydrogen (secondary N) is 2. The van der Waals surface area contributed by atoms with Crippen molar-refractivity contribution in [3.05, 3.63) is 64.1 Å². The molecule has 0 bridgehead atoms. The Morgan fingerprint density at radius 3 is 2.21 bits per heavy atom. The lowest BCUT2D eigenvalue weighted by atomic mass is 10.2. The van der Waals surface area contributed by atoms with Crippen molar-refractivity contribution >= 4 is 34.9 Å². The van der Waals surface area contributed by atoms with E-state index in [0.29, 0.717) is 22.3 Å². The Balaban J connectivity index is 1.95. The molecule has 0 aliphatic heterocycles. The molecule has 5 heteroatoms. The van der Waals surface area contributed by atoms with E-state index < -0.39 is 0 Å². The molecule has 2 N–H and O–H groups in total. The largest absolute Gasteiger partial charge is 0.334 e. The lowest BCUT2D eigenvalue weighted by Gasteiger charge is -2.10. The topological polar surface area (TPSA) is 41.1 Å². The number of hydrogen-bond acceptors (Lipinski definition) is 1. The molecule has 0 fully saturated rings. The van der Waals surface area contributed by atoms with Crippen LogP contribution in [0.2, 0.25) is 10.0 Å². The van der Waals surface area contributed by atoms with E-state index in [9.17, 15) is 4.79 Å². The van der Waals surface area contributed by atoms with Crippen LogP contribution in [-0.2, 0) is 6.54 Å². The number of hydrogen-bond donors (Lipinski definition) is 2. The van der Waals surface area contributed by atoms with Gasteiger partial charge in [-0.05, 0) is 17.7 Å². The zero-order valence-electron chi connectivity index (χ0n) is 9.99. The van der Waals surface area contributed by atoms with Gasteiger partial charge in [-0.25, -0.2) is 4.79 Å². The molecule has 0 spiro atoms. The van der Waals surface area contributed by atoms with Crippen molar-refractivity contribution in [1.29, 1.82) is 0 Å². The van der Waals surface area contributed by atoms with Gasteiger partial charge in [0.25, 0.3) is 0 Å². The first-order valence-electron chi connectivity index (χ1n) is 5.69. The molecule has 3 nitrogen and oxygen atoms in total. The fourth-order valence-corrected chi connectivity index (χ4v) is 2.05. The number of carbonyl (C=O) groups is 1. The van der Waals surface area contributed by atoms with E-state index in [4.69, 9.17) is 23.2 Å². The van der Waals surface area contributed by atoms with Crippen LogP contribution < -0.4 is 10.6 Å². The van der Waals surface area contributed by atoms with Crippen LogP contribution in [0.5, 0.6) is 0 Å². The summed E-state index contributed by atoms with van der Waals surface area (Å²) < 4.78 is 0. The fraction of sp³-hybridized carbons (Fsp3) is 0.0714. The molecular weight excluding hydrogens is 283 g/mol. The molecule has 0 aliphatic rings. The van der Waals surface area contributed by atoms with E-state index in [1.165, 1.54) is 0 Å². The van der Waals surface area contributed by atoms with Crippen molar-refractivity contribution in [2.75, 3.05) is 5.32 Å². The van der Waals surface area contributed by atoms with Gasteiger partial charge < -0.3 is 10.6 Å². The van der Waals surface area contributed by atoms with E-state index in [1.807, 2.05) is 30.3 Å². The second-order valence-electron chi connectivity index (χ2n) is 3.89. The maximum absolute atomic E-state index is 11.8. The second kappa shape index (κ2) is 6.45. The summed E-state index contributed by atoms with van der Waals surface area (Å²) in [4.78, 5) is 11.8. The van der Waals surface area contributed by atoms with Gasteiger partial charge in [-0.3, -0.25) is 0 Å². The first-order valence-corrected chi connectivity index (χ1v) is 6.45. The van der Waals surface area contributed by atoms with E-state index in [0.717, 1.165) is 5.56 Å². The summed E-state index contributed by atoms with van der Waals surface area (Å²) in [7, 11) is 0. The van der Waals surface area contributed by atoms with Crippen molar-refractivity contribution in [2.45, 2.75) is 6.54 Å². The highest BCUT2D eigenvalue weighted by Gasteiger charge is 2.08. The summed E-state index contributed by atoms with van der Waals surface area (Å²) in [5.74, 6) is 0. The lowest BCUT2D eigenvalue weighted by Crippen LogP contribution is -2.28. The molecule has 2 rings (SSSR count). The maximum atomic E-state index is 11.8. The Morgan fingerprint density at radius 1 is 0.947 bits per heavy atom. The van der Waals surface area contributed by atoms with Crippen LogP contribution in [-0.4, -0.2) is 6.03 Å². The highest BCUT2D eigenvalue weighted by molar-refractivity contribution is 6.39. The van der Waals surface area contributed by atoms with Crippen LogP contribution >= 0.6 is 23.2 Å². The number of halogens is 2. The molecule has 0 saturated carbocycles. The molecule has 0 atom stereocenters. The number of carbonyl (C=O) groups excluding carboxylic acids is 1. The molecule has 2 aromatic rings. The van der Waals surface area contributed by atoms with Crippen molar-refractivity contribution in [3.63, 3.8) is 0 Å². The molecule has 98 valence electrons. The summed E-state index contributed by atoms with van der Waals surface area (Å²) in [5, 5.41) is 6.18. The monoisotopic (exact) mass is 294 g/mol. The number of urea groups is 1. The summed E-state index contributed by atoms with van der Waals surface area (Å²) in [6.07, 6.45) is 0. The Morgan fingerprint density at radius 2 is 1.58 bits per heavy atom. The molecule has 0 aromatic heterocycles. The Labute approximate surface area is 121 Å². The molecule has 0 heterocycles. The number of benzene rings is 2.